The molecule has 0 aliphatic carbocycles. The number of aryl methyl sites for hydroxylation is 1. The Bertz CT molecular complexity index is 1250. The maximum Gasteiger partial charge on any atom is 0.340 e. The molecule has 0 fully saturated rings. The van der Waals surface area contributed by atoms with Crippen LogP contribution in [0.1, 0.15) is 29.2 Å². The van der Waals surface area contributed by atoms with Crippen molar-refractivity contribution in [2.75, 3.05) is 21.3 Å². The van der Waals surface area contributed by atoms with E-state index in [2.05, 4.69) is 5.32 Å². The molecule has 0 unspecified atom stereocenters. The van der Waals surface area contributed by atoms with Gasteiger partial charge in [-0.3, -0.25) is 9.59 Å². The summed E-state index contributed by atoms with van der Waals surface area (Å²) in [7, 11) is 4.46. The number of carboxylic acid groups (broad SMARTS) is 1. The number of amides is 1. The number of benzene rings is 2. The fourth-order valence-corrected chi connectivity index (χ4v) is 3.61. The lowest BCUT2D eigenvalue weighted by Gasteiger charge is -2.19. The van der Waals surface area contributed by atoms with Gasteiger partial charge in [-0.05, 0) is 42.3 Å². The Kier molecular flexibility index (Phi) is 7.22. The van der Waals surface area contributed by atoms with Gasteiger partial charge < -0.3 is 29.1 Å². The molecule has 9 heteroatoms. The van der Waals surface area contributed by atoms with Gasteiger partial charge in [-0.25, -0.2) is 4.79 Å². The van der Waals surface area contributed by atoms with Gasteiger partial charge >= 0.3 is 11.6 Å². The lowest BCUT2D eigenvalue weighted by molar-refractivity contribution is -0.137. The number of aliphatic carboxylic acids is 1. The first-order valence-electron chi connectivity index (χ1n) is 10.1. The molecule has 1 heterocycles. The van der Waals surface area contributed by atoms with Crippen molar-refractivity contribution in [1.82, 2.24) is 5.32 Å². The maximum absolute atomic E-state index is 12.8. The number of nitrogens with one attached hydrogen (secondary N) is 1. The topological polar surface area (TPSA) is 124 Å². The minimum atomic E-state index is -1.09. The third-order valence-corrected chi connectivity index (χ3v) is 5.36. The van der Waals surface area contributed by atoms with Gasteiger partial charge in [0.15, 0.2) is 11.5 Å². The van der Waals surface area contributed by atoms with E-state index in [0.29, 0.717) is 39.3 Å². The molecule has 0 aliphatic rings. The van der Waals surface area contributed by atoms with Crippen molar-refractivity contribution in [3.05, 3.63) is 63.5 Å². The Balaban J connectivity index is 1.89. The molecule has 174 valence electrons. The number of fused-ring (bicyclic) bond motifs is 1. The first-order valence-corrected chi connectivity index (χ1v) is 10.1. The van der Waals surface area contributed by atoms with Crippen LogP contribution in [-0.4, -0.2) is 38.3 Å². The van der Waals surface area contributed by atoms with Gasteiger partial charge in [0.2, 0.25) is 5.91 Å². The van der Waals surface area contributed by atoms with Crippen LogP contribution in [0.15, 0.2) is 45.6 Å². The second-order valence-corrected chi connectivity index (χ2v) is 7.36. The number of hydrogen-bond acceptors (Lipinski definition) is 7. The minimum absolute atomic E-state index is 0.201. The highest BCUT2D eigenvalue weighted by molar-refractivity contribution is 5.85. The van der Waals surface area contributed by atoms with Gasteiger partial charge in [0.25, 0.3) is 0 Å². The molecule has 33 heavy (non-hydrogen) atoms. The molecule has 0 spiro atoms. The second-order valence-electron chi connectivity index (χ2n) is 7.36. The second kappa shape index (κ2) is 10.1. The Labute approximate surface area is 189 Å². The van der Waals surface area contributed by atoms with Crippen molar-refractivity contribution in [1.29, 1.82) is 0 Å². The number of methoxy groups -OCH3 is 3. The molecule has 0 bridgehead atoms. The molecule has 2 aromatic carbocycles. The normalized spacial score (nSPS) is 11.6. The predicted octanol–water partition coefficient (Wildman–Crippen LogP) is 3.00. The van der Waals surface area contributed by atoms with Crippen LogP contribution in [0, 0.1) is 6.92 Å². The molecule has 1 aromatic heterocycles. The smallest absolute Gasteiger partial charge is 0.340 e. The van der Waals surface area contributed by atoms with Gasteiger partial charge in [-0.1, -0.05) is 6.07 Å². The lowest BCUT2D eigenvalue weighted by atomic mass is 10.0. The Morgan fingerprint density at radius 3 is 2.39 bits per heavy atom. The number of hydrogen-bond donors (Lipinski definition) is 2. The van der Waals surface area contributed by atoms with Crippen molar-refractivity contribution in [2.24, 2.45) is 0 Å². The van der Waals surface area contributed by atoms with E-state index in [1.165, 1.54) is 21.3 Å². The summed E-state index contributed by atoms with van der Waals surface area (Å²) in [5.41, 5.74) is 1.06. The summed E-state index contributed by atoms with van der Waals surface area (Å²) < 4.78 is 21.0. The minimum Gasteiger partial charge on any atom is -0.497 e. The SMILES string of the molecule is COc1ccc2c(C)c(CC(=O)N[C@@H](CC(=O)O)c3ccc(OC)c(OC)c3)c(=O)oc2c1. The van der Waals surface area contributed by atoms with Crippen LogP contribution in [0.2, 0.25) is 0 Å². The molecule has 0 saturated carbocycles. The van der Waals surface area contributed by atoms with Crippen molar-refractivity contribution < 1.29 is 33.3 Å². The van der Waals surface area contributed by atoms with Crippen LogP contribution < -0.4 is 25.2 Å². The number of rotatable bonds is 9. The van der Waals surface area contributed by atoms with Crippen LogP contribution in [0.25, 0.3) is 11.0 Å². The average molecular weight is 455 g/mol. The molecule has 0 aliphatic heterocycles. The molecule has 0 radical (unpaired) electrons. The Morgan fingerprint density at radius 2 is 1.76 bits per heavy atom. The van der Waals surface area contributed by atoms with Crippen LogP contribution in [0.3, 0.4) is 0 Å². The monoisotopic (exact) mass is 455 g/mol. The van der Waals surface area contributed by atoms with Crippen LogP contribution in [0.4, 0.5) is 0 Å². The van der Waals surface area contributed by atoms with Crippen molar-refractivity contribution in [3.63, 3.8) is 0 Å². The van der Waals surface area contributed by atoms with E-state index in [1.807, 2.05) is 0 Å². The molecule has 3 aromatic rings. The first-order chi connectivity index (χ1) is 15.8. The summed E-state index contributed by atoms with van der Waals surface area (Å²) >= 11 is 0. The molecule has 3 rings (SSSR count). The van der Waals surface area contributed by atoms with Gasteiger partial charge in [-0.15, -0.1) is 0 Å². The van der Waals surface area contributed by atoms with Gasteiger partial charge in [0.05, 0.1) is 45.8 Å². The zero-order valence-electron chi connectivity index (χ0n) is 18.8. The van der Waals surface area contributed by atoms with E-state index in [4.69, 9.17) is 18.6 Å². The number of carboxylic acids is 1. The summed E-state index contributed by atoms with van der Waals surface area (Å²) in [6.45, 7) is 1.73. The highest BCUT2D eigenvalue weighted by Gasteiger charge is 2.22. The summed E-state index contributed by atoms with van der Waals surface area (Å²) in [5, 5.41) is 12.7. The summed E-state index contributed by atoms with van der Waals surface area (Å²) in [6, 6.07) is 9.14. The molecular formula is C24H25NO8. The third-order valence-electron chi connectivity index (χ3n) is 5.36. The predicted molar refractivity (Wildman–Crippen MR) is 120 cm³/mol. The van der Waals surface area contributed by atoms with Crippen molar-refractivity contribution >= 4 is 22.8 Å². The van der Waals surface area contributed by atoms with Crippen molar-refractivity contribution in [2.45, 2.75) is 25.8 Å². The zero-order chi connectivity index (χ0) is 24.1. The van der Waals surface area contributed by atoms with E-state index >= 15 is 0 Å². The van der Waals surface area contributed by atoms with Crippen LogP contribution in [-0.2, 0) is 16.0 Å². The van der Waals surface area contributed by atoms with Gasteiger partial charge in [0, 0.05) is 11.5 Å². The Morgan fingerprint density at radius 1 is 1.03 bits per heavy atom. The first kappa shape index (κ1) is 23.6. The summed E-state index contributed by atoms with van der Waals surface area (Å²) in [5.74, 6) is -0.185. The molecule has 1 amide bonds. The summed E-state index contributed by atoms with van der Waals surface area (Å²) in [6.07, 6.45) is -0.619. The molecule has 2 N–H and O–H groups in total. The van der Waals surface area contributed by atoms with E-state index in [-0.39, 0.29) is 18.4 Å². The fourth-order valence-electron chi connectivity index (χ4n) is 3.61. The lowest BCUT2D eigenvalue weighted by Crippen LogP contribution is -2.32. The standard InChI is InChI=1S/C24H25NO8/c1-13-16-7-6-15(30-2)10-20(16)33-24(29)17(13)11-22(26)25-18(12-23(27)28)14-5-8-19(31-3)21(9-14)32-4/h5-10,18H,11-12H2,1-4H3,(H,25,26)(H,27,28)/t18-/m0/s1. The highest BCUT2D eigenvalue weighted by atomic mass is 16.5. The highest BCUT2D eigenvalue weighted by Crippen LogP contribution is 2.31. The molecule has 1 atom stereocenters. The maximum atomic E-state index is 12.8. The average Bonchev–Trinajstić information content (AvgIpc) is 2.80. The van der Waals surface area contributed by atoms with Crippen molar-refractivity contribution in [3.8, 4) is 17.2 Å². The number of carbonyl (C=O) groups excluding carboxylic acids is 1. The third kappa shape index (κ3) is 5.25. The fraction of sp³-hybridized carbons (Fsp3) is 0.292. The zero-order valence-corrected chi connectivity index (χ0v) is 18.8. The Hall–Kier alpha value is -4.01. The molecule has 0 saturated heterocycles. The number of carbonyl (C=O) groups is 2. The van der Waals surface area contributed by atoms with E-state index in [1.54, 1.807) is 43.3 Å². The largest absolute Gasteiger partial charge is 0.497 e. The molecular weight excluding hydrogens is 430 g/mol. The quantitative estimate of drug-likeness (QED) is 0.472. The number of ether oxygens (including phenoxy) is 3. The molecule has 9 nitrogen and oxygen atoms in total. The van der Waals surface area contributed by atoms with Crippen LogP contribution >= 0.6 is 0 Å². The van der Waals surface area contributed by atoms with Crippen LogP contribution in [0.5, 0.6) is 17.2 Å². The van der Waals surface area contributed by atoms with Gasteiger partial charge in [0.1, 0.15) is 11.3 Å². The van der Waals surface area contributed by atoms with E-state index < -0.39 is 23.5 Å². The van der Waals surface area contributed by atoms with E-state index in [9.17, 15) is 19.5 Å². The van der Waals surface area contributed by atoms with Gasteiger partial charge in [-0.2, -0.15) is 0 Å². The summed E-state index contributed by atoms with van der Waals surface area (Å²) in [4.78, 5) is 36.8. The van der Waals surface area contributed by atoms with E-state index in [0.717, 1.165) is 0 Å².